The molecule has 11 nitrogen and oxygen atoms in total. The maximum Gasteiger partial charge on any atom is 0.262 e. The summed E-state index contributed by atoms with van der Waals surface area (Å²) in [6, 6.07) is 4.50. The minimum absolute atomic E-state index is 0.0112. The van der Waals surface area contributed by atoms with Crippen LogP contribution < -0.4 is 10.2 Å². The Morgan fingerprint density at radius 2 is 1.77 bits per heavy atom. The zero-order chi connectivity index (χ0) is 21.1. The molecule has 0 fully saturated rings. The van der Waals surface area contributed by atoms with Gasteiger partial charge in [-0.15, -0.1) is 0 Å². The summed E-state index contributed by atoms with van der Waals surface area (Å²) >= 11 is 0. The molecule has 0 aliphatic carbocycles. The van der Waals surface area contributed by atoms with Crippen molar-refractivity contribution in [2.24, 2.45) is 0 Å². The minimum Gasteiger partial charge on any atom is -0.438 e. The van der Waals surface area contributed by atoms with Crippen LogP contribution in [0.3, 0.4) is 0 Å². The molecule has 0 bridgehead atoms. The first-order valence-electron chi connectivity index (χ1n) is 8.77. The lowest BCUT2D eigenvalue weighted by atomic mass is 10.0. The van der Waals surface area contributed by atoms with Gasteiger partial charge in [-0.25, -0.2) is 18.9 Å². The molecule has 154 valence electrons. The predicted octanol–water partition coefficient (Wildman–Crippen LogP) is 0.680. The number of hydrogen-bond donors (Lipinski definition) is 2. The highest BCUT2D eigenvalue weighted by molar-refractivity contribution is 7.89. The van der Waals surface area contributed by atoms with Crippen molar-refractivity contribution in [3.8, 4) is 11.6 Å². The summed E-state index contributed by atoms with van der Waals surface area (Å²) in [4.78, 5) is 28.3. The van der Waals surface area contributed by atoms with Gasteiger partial charge in [0, 0.05) is 31.2 Å². The number of ether oxygens (including phenoxy) is 1. The van der Waals surface area contributed by atoms with Gasteiger partial charge in [0.15, 0.2) is 0 Å². The van der Waals surface area contributed by atoms with Crippen molar-refractivity contribution in [2.75, 3.05) is 0 Å². The third-order valence-corrected chi connectivity index (χ3v) is 6.37. The fourth-order valence-corrected chi connectivity index (χ4v) is 4.61. The lowest BCUT2D eigenvalue weighted by Crippen LogP contribution is -2.52. The van der Waals surface area contributed by atoms with Gasteiger partial charge in [0.2, 0.25) is 15.9 Å². The standard InChI is InChI=1S/C18H16N6O5S/c25-18(23-26)16-9-14-15(21-8-7-20-14)11-24(16)30(27,28)13-3-1-12(2-4-13)29-17-10-19-5-6-22-17/h1-8,10,16,26H,9,11H2,(H,23,25)/t16-/m1/s1. The Labute approximate surface area is 171 Å². The second-order valence-electron chi connectivity index (χ2n) is 6.31. The van der Waals surface area contributed by atoms with Crippen LogP contribution in [0.25, 0.3) is 0 Å². The van der Waals surface area contributed by atoms with E-state index in [1.807, 2.05) is 0 Å². The van der Waals surface area contributed by atoms with Crippen LogP contribution >= 0.6 is 0 Å². The predicted molar refractivity (Wildman–Crippen MR) is 101 cm³/mol. The topological polar surface area (TPSA) is 148 Å². The average Bonchev–Trinajstić information content (AvgIpc) is 2.78. The monoisotopic (exact) mass is 428 g/mol. The SMILES string of the molecule is O=C(NO)[C@H]1Cc2nccnc2CN1S(=O)(=O)c1ccc(Oc2cnccn2)cc1. The number of sulfonamides is 1. The molecule has 1 aliphatic rings. The van der Waals surface area contributed by atoms with Crippen LogP contribution in [0.4, 0.5) is 0 Å². The van der Waals surface area contributed by atoms with Gasteiger partial charge in [-0.3, -0.25) is 25.0 Å². The number of aromatic nitrogens is 4. The summed E-state index contributed by atoms with van der Waals surface area (Å²) in [6.07, 6.45) is 7.30. The van der Waals surface area contributed by atoms with Gasteiger partial charge in [-0.1, -0.05) is 0 Å². The highest BCUT2D eigenvalue weighted by atomic mass is 32.2. The van der Waals surface area contributed by atoms with E-state index < -0.39 is 22.0 Å². The first-order chi connectivity index (χ1) is 14.5. The van der Waals surface area contributed by atoms with Gasteiger partial charge < -0.3 is 4.74 Å². The molecule has 30 heavy (non-hydrogen) atoms. The molecule has 0 saturated heterocycles. The molecule has 3 heterocycles. The Hall–Kier alpha value is -3.48. The fraction of sp³-hybridized carbons (Fsp3) is 0.167. The highest BCUT2D eigenvalue weighted by Crippen LogP contribution is 2.29. The van der Waals surface area contributed by atoms with Gasteiger partial charge in [0.1, 0.15) is 11.8 Å². The van der Waals surface area contributed by atoms with Gasteiger partial charge in [-0.2, -0.15) is 4.31 Å². The second-order valence-corrected chi connectivity index (χ2v) is 8.20. The lowest BCUT2D eigenvalue weighted by Gasteiger charge is -2.33. The van der Waals surface area contributed by atoms with Crippen molar-refractivity contribution in [1.82, 2.24) is 29.7 Å². The molecule has 2 N–H and O–H groups in total. The molecule has 3 aromatic rings. The molecular formula is C18H16N6O5S. The summed E-state index contributed by atoms with van der Waals surface area (Å²) in [5.41, 5.74) is 2.48. The molecular weight excluding hydrogens is 412 g/mol. The number of carbonyl (C=O) groups excluding carboxylic acids is 1. The van der Waals surface area contributed by atoms with Gasteiger partial charge in [0.05, 0.1) is 29.0 Å². The van der Waals surface area contributed by atoms with Crippen LogP contribution in [0.2, 0.25) is 0 Å². The third-order valence-electron chi connectivity index (χ3n) is 4.51. The largest absolute Gasteiger partial charge is 0.438 e. The van der Waals surface area contributed by atoms with Crippen molar-refractivity contribution >= 4 is 15.9 Å². The first-order valence-corrected chi connectivity index (χ1v) is 10.2. The van der Waals surface area contributed by atoms with Crippen molar-refractivity contribution in [3.63, 3.8) is 0 Å². The number of nitrogens with zero attached hydrogens (tertiary/aromatic N) is 5. The average molecular weight is 428 g/mol. The first kappa shape index (κ1) is 19.8. The van der Waals surface area contributed by atoms with E-state index in [-0.39, 0.29) is 23.7 Å². The number of rotatable bonds is 5. The molecule has 12 heteroatoms. The maximum absolute atomic E-state index is 13.3. The van der Waals surface area contributed by atoms with E-state index in [4.69, 9.17) is 9.94 Å². The molecule has 0 radical (unpaired) electrons. The number of hydroxylamine groups is 1. The summed E-state index contributed by atoms with van der Waals surface area (Å²) in [7, 11) is -4.09. The van der Waals surface area contributed by atoms with Gasteiger partial charge in [-0.05, 0) is 24.3 Å². The quantitative estimate of drug-likeness (QED) is 0.442. The number of nitrogens with one attached hydrogen (secondary N) is 1. The van der Waals surface area contributed by atoms with Crippen molar-refractivity contribution in [2.45, 2.75) is 23.9 Å². The van der Waals surface area contributed by atoms with Crippen LogP contribution in [0.5, 0.6) is 11.6 Å². The van der Waals surface area contributed by atoms with Crippen LogP contribution in [-0.4, -0.2) is 49.8 Å². The normalized spacial score (nSPS) is 16.5. The summed E-state index contributed by atoms with van der Waals surface area (Å²) in [6.45, 7) is -0.151. The Morgan fingerprint density at radius 1 is 1.07 bits per heavy atom. The van der Waals surface area contributed by atoms with Crippen molar-refractivity contribution in [1.29, 1.82) is 0 Å². The third kappa shape index (κ3) is 3.83. The van der Waals surface area contributed by atoms with Crippen LogP contribution in [-0.2, 0) is 27.8 Å². The Morgan fingerprint density at radius 3 is 2.43 bits per heavy atom. The van der Waals surface area contributed by atoms with Crippen LogP contribution in [0.1, 0.15) is 11.4 Å². The molecule has 0 saturated carbocycles. The van der Waals surface area contributed by atoms with E-state index in [0.29, 0.717) is 17.1 Å². The Balaban J connectivity index is 1.63. The van der Waals surface area contributed by atoms with E-state index in [9.17, 15) is 13.2 Å². The van der Waals surface area contributed by atoms with Gasteiger partial charge in [0.25, 0.3) is 5.91 Å². The van der Waals surface area contributed by atoms with Crippen LogP contribution in [0.15, 0.2) is 60.1 Å². The number of benzene rings is 1. The van der Waals surface area contributed by atoms with Crippen LogP contribution in [0, 0.1) is 0 Å². The second kappa shape index (κ2) is 8.10. The Kier molecular flexibility index (Phi) is 5.35. The summed E-state index contributed by atoms with van der Waals surface area (Å²) < 4.78 is 33.0. The van der Waals surface area contributed by atoms with E-state index in [2.05, 4.69) is 19.9 Å². The molecule has 0 unspecified atom stereocenters. The maximum atomic E-state index is 13.3. The fourth-order valence-electron chi connectivity index (χ4n) is 3.07. The molecule has 1 aliphatic heterocycles. The van der Waals surface area contributed by atoms with E-state index >= 15 is 0 Å². The van der Waals surface area contributed by atoms with Crippen molar-refractivity contribution < 1.29 is 23.2 Å². The van der Waals surface area contributed by atoms with E-state index in [1.165, 1.54) is 60.7 Å². The molecule has 4 rings (SSSR count). The van der Waals surface area contributed by atoms with Crippen molar-refractivity contribution in [3.05, 3.63) is 66.6 Å². The zero-order valence-corrected chi connectivity index (χ0v) is 16.2. The molecule has 1 atom stereocenters. The summed E-state index contributed by atoms with van der Waals surface area (Å²) in [5, 5.41) is 9.08. The zero-order valence-electron chi connectivity index (χ0n) is 15.4. The van der Waals surface area contributed by atoms with E-state index in [1.54, 1.807) is 0 Å². The molecule has 1 aromatic carbocycles. The molecule has 0 spiro atoms. The number of amides is 1. The molecule has 1 amide bonds. The minimum atomic E-state index is -4.09. The number of fused-ring (bicyclic) bond motifs is 1. The smallest absolute Gasteiger partial charge is 0.262 e. The number of hydrogen-bond acceptors (Lipinski definition) is 9. The van der Waals surface area contributed by atoms with E-state index in [0.717, 1.165) is 4.31 Å². The van der Waals surface area contributed by atoms with Gasteiger partial charge >= 0.3 is 0 Å². The summed E-state index contributed by atoms with van der Waals surface area (Å²) in [5.74, 6) is -0.217. The Bertz CT molecular complexity index is 1160. The number of carbonyl (C=O) groups is 1. The molecule has 2 aromatic heterocycles. The lowest BCUT2D eigenvalue weighted by molar-refractivity contribution is -0.133. The highest BCUT2D eigenvalue weighted by Gasteiger charge is 2.40.